The van der Waals surface area contributed by atoms with E-state index in [1.807, 2.05) is 11.1 Å². The van der Waals surface area contributed by atoms with Gasteiger partial charge in [0.25, 0.3) is 5.56 Å². The molecule has 0 bridgehead atoms. The molecule has 1 aliphatic heterocycles. The van der Waals surface area contributed by atoms with Crippen LogP contribution in [0.1, 0.15) is 11.8 Å². The van der Waals surface area contributed by atoms with Crippen molar-refractivity contribution in [1.29, 1.82) is 0 Å². The Morgan fingerprint density at radius 1 is 1.26 bits per heavy atom. The number of carbonyl (C=O) groups is 2. The van der Waals surface area contributed by atoms with Crippen molar-refractivity contribution in [1.82, 2.24) is 14.9 Å². The zero-order valence-corrected chi connectivity index (χ0v) is 16.3. The predicted octanol–water partition coefficient (Wildman–Crippen LogP) is -2.02. The zero-order chi connectivity index (χ0) is 22.6. The first-order valence-corrected chi connectivity index (χ1v) is 9.30. The number of nitrogens with two attached hydrogens (primary N) is 1. The first kappa shape index (κ1) is 22.4. The van der Waals surface area contributed by atoms with E-state index >= 15 is 0 Å². The second kappa shape index (κ2) is 9.22. The third kappa shape index (κ3) is 4.56. The van der Waals surface area contributed by atoms with Gasteiger partial charge < -0.3 is 30.7 Å². The SMILES string of the molecule is NC1(C(=O)CNC(=O)OCc2ccccc2)C(O)[C@H](CO)O[C@@H]1n1ccc(=O)[nH]c1=O. The van der Waals surface area contributed by atoms with Gasteiger partial charge in [-0.25, -0.2) is 9.59 Å². The monoisotopic (exact) mass is 434 g/mol. The topological polar surface area (TPSA) is 186 Å². The molecule has 1 amide bonds. The molecule has 6 N–H and O–H groups in total. The molecule has 166 valence electrons. The Morgan fingerprint density at radius 3 is 2.61 bits per heavy atom. The number of aliphatic hydroxyl groups excluding tert-OH is 2. The largest absolute Gasteiger partial charge is 0.445 e. The third-order valence-electron chi connectivity index (χ3n) is 4.93. The molecule has 12 heteroatoms. The molecule has 1 aromatic carbocycles. The van der Waals surface area contributed by atoms with Gasteiger partial charge in [0.05, 0.1) is 13.2 Å². The number of hydrogen-bond donors (Lipinski definition) is 5. The van der Waals surface area contributed by atoms with E-state index in [1.165, 1.54) is 0 Å². The van der Waals surface area contributed by atoms with Crippen molar-refractivity contribution >= 4 is 11.9 Å². The second-order valence-corrected chi connectivity index (χ2v) is 6.94. The van der Waals surface area contributed by atoms with Gasteiger partial charge >= 0.3 is 11.8 Å². The molecule has 2 unspecified atom stereocenters. The number of Topliss-reactive ketones (excluding diaryl/α,β-unsaturated/α-hetero) is 1. The van der Waals surface area contributed by atoms with Crippen LogP contribution < -0.4 is 22.3 Å². The fourth-order valence-electron chi connectivity index (χ4n) is 3.24. The molecule has 1 fully saturated rings. The molecule has 4 atom stereocenters. The lowest BCUT2D eigenvalue weighted by atomic mass is 9.86. The van der Waals surface area contributed by atoms with Crippen LogP contribution >= 0.6 is 0 Å². The van der Waals surface area contributed by atoms with Crippen LogP contribution in [0.4, 0.5) is 4.79 Å². The minimum atomic E-state index is -2.21. The van der Waals surface area contributed by atoms with E-state index in [4.69, 9.17) is 15.2 Å². The fraction of sp³-hybridized carbons (Fsp3) is 0.368. The van der Waals surface area contributed by atoms with Crippen molar-refractivity contribution in [3.05, 3.63) is 69.0 Å². The predicted molar refractivity (Wildman–Crippen MR) is 105 cm³/mol. The molecule has 1 aliphatic rings. The van der Waals surface area contributed by atoms with Crippen LogP contribution in [-0.2, 0) is 20.9 Å². The highest BCUT2D eigenvalue weighted by molar-refractivity contribution is 5.93. The van der Waals surface area contributed by atoms with Crippen LogP contribution in [0.2, 0.25) is 0 Å². The van der Waals surface area contributed by atoms with Gasteiger partial charge in [0.2, 0.25) is 0 Å². The molecule has 0 saturated carbocycles. The number of hydrogen-bond acceptors (Lipinski definition) is 9. The highest BCUT2D eigenvalue weighted by Crippen LogP contribution is 2.36. The number of aromatic amines is 1. The molecule has 2 heterocycles. The summed E-state index contributed by atoms with van der Waals surface area (Å²) in [7, 11) is 0. The molecule has 12 nitrogen and oxygen atoms in total. The number of amides is 1. The minimum Gasteiger partial charge on any atom is -0.445 e. The summed E-state index contributed by atoms with van der Waals surface area (Å²) in [6.45, 7) is -1.35. The van der Waals surface area contributed by atoms with E-state index in [0.29, 0.717) is 0 Å². The number of H-pyrrole nitrogens is 1. The number of alkyl carbamates (subject to hydrolysis) is 1. The number of aromatic nitrogens is 2. The van der Waals surface area contributed by atoms with E-state index in [1.54, 1.807) is 24.3 Å². The summed E-state index contributed by atoms with van der Waals surface area (Å²) in [5, 5.41) is 22.2. The van der Waals surface area contributed by atoms with E-state index in [2.05, 4.69) is 5.32 Å². The number of nitrogens with one attached hydrogen (secondary N) is 2. The molecule has 31 heavy (non-hydrogen) atoms. The molecule has 0 radical (unpaired) electrons. The summed E-state index contributed by atoms with van der Waals surface area (Å²) in [6.07, 6.45) is -4.36. The zero-order valence-electron chi connectivity index (χ0n) is 16.3. The van der Waals surface area contributed by atoms with E-state index in [0.717, 1.165) is 22.4 Å². The van der Waals surface area contributed by atoms with Gasteiger partial charge in [-0.3, -0.25) is 19.1 Å². The molecule has 1 aromatic heterocycles. The maximum Gasteiger partial charge on any atom is 0.407 e. The smallest absolute Gasteiger partial charge is 0.407 e. The first-order chi connectivity index (χ1) is 14.8. The van der Waals surface area contributed by atoms with Crippen LogP contribution in [0.5, 0.6) is 0 Å². The lowest BCUT2D eigenvalue weighted by molar-refractivity contribution is -0.130. The van der Waals surface area contributed by atoms with Crippen LogP contribution in [-0.4, -0.2) is 62.5 Å². The fourth-order valence-corrected chi connectivity index (χ4v) is 3.24. The Morgan fingerprint density at radius 2 is 1.97 bits per heavy atom. The highest BCUT2D eigenvalue weighted by atomic mass is 16.6. The molecular formula is C19H22N4O8. The van der Waals surface area contributed by atoms with Gasteiger partial charge in [-0.05, 0) is 5.56 Å². The second-order valence-electron chi connectivity index (χ2n) is 6.94. The maximum absolute atomic E-state index is 12.9. The number of nitrogens with zero attached hydrogens (tertiary/aromatic N) is 1. The summed E-state index contributed by atoms with van der Waals surface area (Å²) < 4.78 is 11.3. The Kier molecular flexibility index (Phi) is 6.65. The third-order valence-corrected chi connectivity index (χ3v) is 4.93. The first-order valence-electron chi connectivity index (χ1n) is 9.30. The van der Waals surface area contributed by atoms with Crippen molar-refractivity contribution < 1.29 is 29.3 Å². The number of ketones is 1. The van der Waals surface area contributed by atoms with Gasteiger partial charge in [-0.2, -0.15) is 0 Å². The Bertz CT molecular complexity index is 1050. The van der Waals surface area contributed by atoms with E-state index in [9.17, 15) is 29.4 Å². The average Bonchev–Trinajstić information content (AvgIpc) is 3.02. The quantitative estimate of drug-likeness (QED) is 0.328. The molecule has 2 aromatic rings. The summed E-state index contributed by atoms with van der Waals surface area (Å²) in [4.78, 5) is 50.3. The van der Waals surface area contributed by atoms with Crippen LogP contribution in [0.25, 0.3) is 0 Å². The van der Waals surface area contributed by atoms with Crippen molar-refractivity contribution in [3.8, 4) is 0 Å². The Hall–Kier alpha value is -3.32. The van der Waals surface area contributed by atoms with Gasteiger partial charge in [-0.15, -0.1) is 0 Å². The average molecular weight is 434 g/mol. The van der Waals surface area contributed by atoms with E-state index < -0.39 is 60.3 Å². The van der Waals surface area contributed by atoms with Crippen LogP contribution in [0.15, 0.2) is 52.2 Å². The Labute approximate surface area is 175 Å². The van der Waals surface area contributed by atoms with Crippen LogP contribution in [0.3, 0.4) is 0 Å². The number of aliphatic hydroxyl groups is 2. The van der Waals surface area contributed by atoms with Gasteiger partial charge in [0, 0.05) is 12.3 Å². The molecular weight excluding hydrogens is 412 g/mol. The molecule has 3 rings (SSSR count). The van der Waals surface area contributed by atoms with Gasteiger partial charge in [0.1, 0.15) is 18.8 Å². The number of benzene rings is 1. The maximum atomic E-state index is 12.9. The number of ether oxygens (including phenoxy) is 2. The van der Waals surface area contributed by atoms with Crippen molar-refractivity contribution in [2.75, 3.05) is 13.2 Å². The summed E-state index contributed by atoms with van der Waals surface area (Å²) in [5.74, 6) is -0.879. The lowest BCUT2D eigenvalue weighted by Gasteiger charge is -2.31. The molecule has 1 saturated heterocycles. The summed E-state index contributed by atoms with van der Waals surface area (Å²) in [5.41, 5.74) is 3.08. The van der Waals surface area contributed by atoms with Gasteiger partial charge in [0.15, 0.2) is 17.6 Å². The Balaban J connectivity index is 1.73. The highest BCUT2D eigenvalue weighted by Gasteiger charge is 2.59. The van der Waals surface area contributed by atoms with Crippen molar-refractivity contribution in [2.45, 2.75) is 30.6 Å². The minimum absolute atomic E-state index is 0.0254. The van der Waals surface area contributed by atoms with Crippen LogP contribution in [0, 0.1) is 0 Å². The van der Waals surface area contributed by atoms with E-state index in [-0.39, 0.29) is 6.61 Å². The summed E-state index contributed by atoms with van der Waals surface area (Å²) >= 11 is 0. The molecule has 0 spiro atoms. The number of carbonyl (C=O) groups excluding carboxylic acids is 2. The lowest BCUT2D eigenvalue weighted by Crippen LogP contribution is -2.63. The number of rotatable bonds is 7. The summed E-state index contributed by atoms with van der Waals surface area (Å²) in [6, 6.07) is 9.86. The van der Waals surface area contributed by atoms with Crippen molar-refractivity contribution in [2.24, 2.45) is 5.73 Å². The normalized spacial score (nSPS) is 25.2. The van der Waals surface area contributed by atoms with Crippen molar-refractivity contribution in [3.63, 3.8) is 0 Å². The standard InChI is InChI=1S/C19H22N4O8/c20-19(13(25)8-21-18(29)30-10-11-4-2-1-3-5-11)15(27)12(9-24)31-16(19)23-7-6-14(26)22-17(23)28/h1-7,12,15-16,24,27H,8-10,20H2,(H,21,29)(H,22,26,28)/t12-,15?,16-,19?/m0/s1. The van der Waals surface area contributed by atoms with Gasteiger partial charge in [-0.1, -0.05) is 30.3 Å². The molecule has 0 aliphatic carbocycles.